The molecule has 22 heavy (non-hydrogen) atoms. The van der Waals surface area contributed by atoms with Crippen LogP contribution in [0, 0.1) is 12.8 Å². The van der Waals surface area contributed by atoms with E-state index < -0.39 is 0 Å². The summed E-state index contributed by atoms with van der Waals surface area (Å²) >= 11 is 0. The number of carbonyl (C=O) groups excluding carboxylic acids is 1. The van der Waals surface area contributed by atoms with Gasteiger partial charge in [0.25, 0.3) is 0 Å². The lowest BCUT2D eigenvalue weighted by molar-refractivity contribution is -0.138. The van der Waals surface area contributed by atoms with Gasteiger partial charge in [-0.25, -0.2) is 0 Å². The number of hydrogen-bond donors (Lipinski definition) is 0. The van der Waals surface area contributed by atoms with E-state index in [1.165, 1.54) is 30.4 Å². The molecule has 3 nitrogen and oxygen atoms in total. The molecular formula is C19H28N2O. The fraction of sp³-hybridized carbons (Fsp3) is 0.632. The van der Waals surface area contributed by atoms with Gasteiger partial charge in [-0.05, 0) is 51.1 Å². The van der Waals surface area contributed by atoms with E-state index in [1.807, 2.05) is 0 Å². The van der Waals surface area contributed by atoms with Crippen LogP contribution in [0.15, 0.2) is 24.3 Å². The standard InChI is InChI=1S/C19H28N2O/c1-16-7-9-17(10-8-16)14-20-11-5-6-18(15-20)19(22)21-12-3-2-4-13-21/h7-10,18H,2-6,11-15H2,1H3/t18-/m0/s1. The molecule has 120 valence electrons. The van der Waals surface area contributed by atoms with Gasteiger partial charge in [0, 0.05) is 26.2 Å². The molecular weight excluding hydrogens is 272 g/mol. The maximum Gasteiger partial charge on any atom is 0.226 e. The summed E-state index contributed by atoms with van der Waals surface area (Å²) in [5.41, 5.74) is 2.66. The lowest BCUT2D eigenvalue weighted by Gasteiger charge is -2.36. The molecule has 2 aliphatic heterocycles. The molecule has 0 aromatic heterocycles. The molecule has 2 fully saturated rings. The van der Waals surface area contributed by atoms with Crippen LogP contribution in [-0.4, -0.2) is 41.9 Å². The average molecular weight is 300 g/mol. The van der Waals surface area contributed by atoms with Crippen LogP contribution in [-0.2, 0) is 11.3 Å². The summed E-state index contributed by atoms with van der Waals surface area (Å²) in [5, 5.41) is 0. The predicted molar refractivity (Wildman–Crippen MR) is 89.6 cm³/mol. The number of amides is 1. The number of aryl methyl sites for hydroxylation is 1. The lowest BCUT2D eigenvalue weighted by Crippen LogP contribution is -2.46. The highest BCUT2D eigenvalue weighted by Crippen LogP contribution is 2.22. The summed E-state index contributed by atoms with van der Waals surface area (Å²) in [6, 6.07) is 8.78. The second-order valence-electron chi connectivity index (χ2n) is 6.95. The SMILES string of the molecule is Cc1ccc(CN2CCC[C@H](C(=O)N3CCCCC3)C2)cc1. The molecule has 0 unspecified atom stereocenters. The van der Waals surface area contributed by atoms with Gasteiger partial charge in [0.1, 0.15) is 0 Å². The number of hydrogen-bond acceptors (Lipinski definition) is 2. The number of likely N-dealkylation sites (tertiary alicyclic amines) is 2. The second-order valence-corrected chi connectivity index (χ2v) is 6.95. The molecule has 1 aromatic rings. The van der Waals surface area contributed by atoms with Crippen LogP contribution in [0.1, 0.15) is 43.2 Å². The first-order chi connectivity index (χ1) is 10.7. The zero-order valence-corrected chi connectivity index (χ0v) is 13.8. The summed E-state index contributed by atoms with van der Waals surface area (Å²) in [4.78, 5) is 17.3. The Bertz CT molecular complexity index is 491. The third-order valence-corrected chi connectivity index (χ3v) is 5.05. The molecule has 2 heterocycles. The van der Waals surface area contributed by atoms with Gasteiger partial charge in [-0.1, -0.05) is 29.8 Å². The van der Waals surface area contributed by atoms with E-state index >= 15 is 0 Å². The lowest BCUT2D eigenvalue weighted by atomic mass is 9.95. The Kier molecular flexibility index (Phi) is 5.14. The quantitative estimate of drug-likeness (QED) is 0.856. The molecule has 3 heteroatoms. The maximum absolute atomic E-state index is 12.7. The van der Waals surface area contributed by atoms with Crippen molar-refractivity contribution < 1.29 is 4.79 Å². The molecule has 1 aromatic carbocycles. The highest BCUT2D eigenvalue weighted by Gasteiger charge is 2.29. The molecule has 2 aliphatic rings. The van der Waals surface area contributed by atoms with E-state index in [0.29, 0.717) is 5.91 Å². The minimum atomic E-state index is 0.220. The Hall–Kier alpha value is -1.35. The number of carbonyl (C=O) groups is 1. The fourth-order valence-electron chi connectivity index (χ4n) is 3.72. The van der Waals surface area contributed by atoms with Gasteiger partial charge >= 0.3 is 0 Å². The summed E-state index contributed by atoms with van der Waals surface area (Å²) in [6.07, 6.45) is 5.88. The smallest absolute Gasteiger partial charge is 0.226 e. The first-order valence-electron chi connectivity index (χ1n) is 8.79. The van der Waals surface area contributed by atoms with Crippen molar-refractivity contribution in [1.82, 2.24) is 9.80 Å². The van der Waals surface area contributed by atoms with Gasteiger partial charge in [-0.15, -0.1) is 0 Å². The third-order valence-electron chi connectivity index (χ3n) is 5.05. The Morgan fingerprint density at radius 2 is 1.77 bits per heavy atom. The van der Waals surface area contributed by atoms with Gasteiger partial charge in [-0.3, -0.25) is 9.69 Å². The largest absolute Gasteiger partial charge is 0.342 e. The molecule has 0 radical (unpaired) electrons. The summed E-state index contributed by atoms with van der Waals surface area (Å²) < 4.78 is 0. The third kappa shape index (κ3) is 3.89. The van der Waals surface area contributed by atoms with Gasteiger partial charge in [0.05, 0.1) is 5.92 Å². The van der Waals surface area contributed by atoms with Crippen LogP contribution in [0.5, 0.6) is 0 Å². The molecule has 0 spiro atoms. The molecule has 0 aliphatic carbocycles. The van der Waals surface area contributed by atoms with Crippen molar-refractivity contribution >= 4 is 5.91 Å². The van der Waals surface area contributed by atoms with Crippen LogP contribution in [0.3, 0.4) is 0 Å². The van der Waals surface area contributed by atoms with Crippen LogP contribution < -0.4 is 0 Å². The topological polar surface area (TPSA) is 23.6 Å². The Morgan fingerprint density at radius 1 is 1.05 bits per heavy atom. The Balaban J connectivity index is 1.56. The zero-order chi connectivity index (χ0) is 15.4. The molecule has 0 saturated carbocycles. The number of benzene rings is 1. The van der Waals surface area contributed by atoms with E-state index in [2.05, 4.69) is 41.0 Å². The van der Waals surface area contributed by atoms with Gasteiger partial charge in [-0.2, -0.15) is 0 Å². The van der Waals surface area contributed by atoms with Crippen molar-refractivity contribution in [3.05, 3.63) is 35.4 Å². The van der Waals surface area contributed by atoms with Crippen LogP contribution in [0.25, 0.3) is 0 Å². The van der Waals surface area contributed by atoms with Crippen LogP contribution in [0.4, 0.5) is 0 Å². The van der Waals surface area contributed by atoms with Crippen molar-refractivity contribution in [2.75, 3.05) is 26.2 Å². The minimum absolute atomic E-state index is 0.220. The highest BCUT2D eigenvalue weighted by molar-refractivity contribution is 5.79. The summed E-state index contributed by atoms with van der Waals surface area (Å²) in [5.74, 6) is 0.630. The van der Waals surface area contributed by atoms with E-state index in [-0.39, 0.29) is 5.92 Å². The van der Waals surface area contributed by atoms with Gasteiger partial charge in [0.2, 0.25) is 5.91 Å². The summed E-state index contributed by atoms with van der Waals surface area (Å²) in [7, 11) is 0. The first-order valence-corrected chi connectivity index (χ1v) is 8.79. The Labute approximate surface area is 134 Å². The summed E-state index contributed by atoms with van der Waals surface area (Å²) in [6.45, 7) is 7.11. The Morgan fingerprint density at radius 3 is 2.50 bits per heavy atom. The van der Waals surface area contributed by atoms with Crippen LogP contribution >= 0.6 is 0 Å². The first kappa shape index (κ1) is 15.5. The van der Waals surface area contributed by atoms with Crippen molar-refractivity contribution in [3.8, 4) is 0 Å². The zero-order valence-electron chi connectivity index (χ0n) is 13.8. The molecule has 1 atom stereocenters. The normalized spacial score (nSPS) is 23.5. The minimum Gasteiger partial charge on any atom is -0.342 e. The van der Waals surface area contributed by atoms with Crippen molar-refractivity contribution in [2.24, 2.45) is 5.92 Å². The van der Waals surface area contributed by atoms with Crippen molar-refractivity contribution in [2.45, 2.75) is 45.6 Å². The fourth-order valence-corrected chi connectivity index (χ4v) is 3.72. The highest BCUT2D eigenvalue weighted by atomic mass is 16.2. The number of nitrogens with zero attached hydrogens (tertiary/aromatic N) is 2. The van der Waals surface area contributed by atoms with E-state index in [4.69, 9.17) is 0 Å². The van der Waals surface area contributed by atoms with Crippen LogP contribution in [0.2, 0.25) is 0 Å². The monoisotopic (exact) mass is 300 g/mol. The number of rotatable bonds is 3. The molecule has 3 rings (SSSR count). The van der Waals surface area contributed by atoms with E-state index in [0.717, 1.165) is 45.6 Å². The average Bonchev–Trinajstić information content (AvgIpc) is 2.57. The van der Waals surface area contributed by atoms with E-state index in [1.54, 1.807) is 0 Å². The molecule has 0 bridgehead atoms. The number of piperidine rings is 2. The van der Waals surface area contributed by atoms with Gasteiger partial charge in [0.15, 0.2) is 0 Å². The van der Waals surface area contributed by atoms with Crippen molar-refractivity contribution in [1.29, 1.82) is 0 Å². The van der Waals surface area contributed by atoms with Gasteiger partial charge < -0.3 is 4.90 Å². The second kappa shape index (κ2) is 7.28. The molecule has 1 amide bonds. The molecule has 0 N–H and O–H groups in total. The van der Waals surface area contributed by atoms with Crippen molar-refractivity contribution in [3.63, 3.8) is 0 Å². The predicted octanol–water partition coefficient (Wildman–Crippen LogP) is 3.22. The maximum atomic E-state index is 12.7. The molecule has 2 saturated heterocycles. The van der Waals surface area contributed by atoms with E-state index in [9.17, 15) is 4.79 Å².